The molecular weight excluding hydrogens is 358 g/mol. The molecule has 3 heterocycles. The van der Waals surface area contributed by atoms with Crippen LogP contribution in [-0.2, 0) is 11.3 Å². The summed E-state index contributed by atoms with van der Waals surface area (Å²) in [5.41, 5.74) is 0.686. The van der Waals surface area contributed by atoms with Crippen LogP contribution in [0.1, 0.15) is 23.2 Å². The van der Waals surface area contributed by atoms with E-state index < -0.39 is 0 Å². The summed E-state index contributed by atoms with van der Waals surface area (Å²) in [5.74, 6) is 0.833. The molecule has 2 aromatic rings. The van der Waals surface area contributed by atoms with Gasteiger partial charge in [-0.3, -0.25) is 4.79 Å². The number of nitrogens with zero attached hydrogens (tertiary/aromatic N) is 5. The lowest BCUT2D eigenvalue weighted by atomic mass is 10.1. The molecule has 2 aliphatic rings. The normalized spacial score (nSPS) is 18.9. The summed E-state index contributed by atoms with van der Waals surface area (Å²) in [6.45, 7) is 6.45. The monoisotopic (exact) mass is 385 g/mol. The van der Waals surface area contributed by atoms with E-state index in [2.05, 4.69) is 15.1 Å². The molecule has 0 N–H and O–H groups in total. The molecule has 1 aromatic heterocycles. The zero-order valence-corrected chi connectivity index (χ0v) is 16.1. The number of ether oxygens (including phenoxy) is 2. The van der Waals surface area contributed by atoms with E-state index >= 15 is 0 Å². The van der Waals surface area contributed by atoms with Crippen molar-refractivity contribution in [2.45, 2.75) is 25.5 Å². The van der Waals surface area contributed by atoms with Gasteiger partial charge in [-0.1, -0.05) is 6.07 Å². The summed E-state index contributed by atoms with van der Waals surface area (Å²) in [6.07, 6.45) is 5.68. The first-order valence-corrected chi connectivity index (χ1v) is 9.96. The summed E-state index contributed by atoms with van der Waals surface area (Å²) in [4.78, 5) is 16.9. The molecule has 2 fully saturated rings. The lowest BCUT2D eigenvalue weighted by Crippen LogP contribution is -2.40. The third kappa shape index (κ3) is 4.88. The molecule has 28 heavy (non-hydrogen) atoms. The molecule has 0 unspecified atom stereocenters. The van der Waals surface area contributed by atoms with Gasteiger partial charge in [-0.05, 0) is 31.0 Å². The van der Waals surface area contributed by atoms with Gasteiger partial charge >= 0.3 is 0 Å². The zero-order chi connectivity index (χ0) is 19.2. The Labute approximate surface area is 165 Å². The first kappa shape index (κ1) is 18.9. The lowest BCUT2D eigenvalue weighted by molar-refractivity contribution is 0.0302. The van der Waals surface area contributed by atoms with E-state index in [1.807, 2.05) is 33.7 Å². The van der Waals surface area contributed by atoms with Crippen molar-refractivity contribution in [3.63, 3.8) is 0 Å². The summed E-state index contributed by atoms with van der Waals surface area (Å²) < 4.78 is 13.5. The van der Waals surface area contributed by atoms with Crippen LogP contribution in [0.15, 0.2) is 36.9 Å². The van der Waals surface area contributed by atoms with Gasteiger partial charge in [0.25, 0.3) is 5.91 Å². The Morgan fingerprint density at radius 3 is 2.57 bits per heavy atom. The molecule has 1 aromatic carbocycles. The van der Waals surface area contributed by atoms with Gasteiger partial charge in [-0.15, -0.1) is 10.2 Å². The van der Waals surface area contributed by atoms with Crippen LogP contribution in [0, 0.1) is 0 Å². The van der Waals surface area contributed by atoms with Crippen LogP contribution in [0.4, 0.5) is 0 Å². The number of benzene rings is 1. The van der Waals surface area contributed by atoms with Crippen LogP contribution < -0.4 is 4.74 Å². The van der Waals surface area contributed by atoms with Crippen LogP contribution in [0.3, 0.4) is 0 Å². The second-order valence-electron chi connectivity index (χ2n) is 7.29. The molecule has 0 bridgehead atoms. The Morgan fingerprint density at radius 2 is 1.82 bits per heavy atom. The van der Waals surface area contributed by atoms with Crippen molar-refractivity contribution in [2.24, 2.45) is 0 Å². The predicted molar refractivity (Wildman–Crippen MR) is 103 cm³/mol. The van der Waals surface area contributed by atoms with E-state index in [-0.39, 0.29) is 12.0 Å². The van der Waals surface area contributed by atoms with Gasteiger partial charge in [0, 0.05) is 44.8 Å². The summed E-state index contributed by atoms with van der Waals surface area (Å²) in [7, 11) is 0. The number of rotatable bonds is 6. The highest BCUT2D eigenvalue weighted by Crippen LogP contribution is 2.21. The van der Waals surface area contributed by atoms with Crippen molar-refractivity contribution in [1.29, 1.82) is 0 Å². The van der Waals surface area contributed by atoms with E-state index in [0.717, 1.165) is 44.8 Å². The van der Waals surface area contributed by atoms with Gasteiger partial charge in [0.15, 0.2) is 0 Å². The average Bonchev–Trinajstić information content (AvgIpc) is 3.27. The Balaban J connectivity index is 1.26. The number of aromatic nitrogens is 3. The Kier molecular flexibility index (Phi) is 6.18. The lowest BCUT2D eigenvalue weighted by Gasteiger charge is -2.32. The van der Waals surface area contributed by atoms with E-state index in [1.54, 1.807) is 12.7 Å². The molecule has 0 atom stereocenters. The van der Waals surface area contributed by atoms with Crippen LogP contribution in [-0.4, -0.2) is 82.5 Å². The Hall–Kier alpha value is -2.45. The molecule has 8 nitrogen and oxygen atoms in total. The minimum absolute atomic E-state index is 0.0533. The molecule has 4 rings (SSSR count). The Morgan fingerprint density at radius 1 is 1.07 bits per heavy atom. The molecule has 0 aliphatic carbocycles. The number of amides is 1. The molecule has 0 spiro atoms. The van der Waals surface area contributed by atoms with Gasteiger partial charge in [0.05, 0.1) is 13.2 Å². The molecule has 0 saturated carbocycles. The molecule has 150 valence electrons. The maximum Gasteiger partial charge on any atom is 0.254 e. The number of carbonyl (C=O) groups excluding carboxylic acids is 1. The maximum absolute atomic E-state index is 12.7. The van der Waals surface area contributed by atoms with Crippen molar-refractivity contribution >= 4 is 5.91 Å². The second kappa shape index (κ2) is 9.16. The van der Waals surface area contributed by atoms with Crippen LogP contribution in [0.5, 0.6) is 5.75 Å². The SMILES string of the molecule is O=C(c1cccc(OC2CCN(CCn3cnnc3)CC2)c1)N1CCOCC1. The molecular formula is C20H27N5O3. The molecule has 2 saturated heterocycles. The standard InChI is InChI=1S/C20H27N5O3/c26-20(25-10-12-27-13-11-25)17-2-1-3-19(14-17)28-18-4-6-23(7-5-18)8-9-24-15-21-22-16-24/h1-3,14-16,18H,4-13H2. The fourth-order valence-corrected chi connectivity index (χ4v) is 3.69. The fourth-order valence-electron chi connectivity index (χ4n) is 3.69. The summed E-state index contributed by atoms with van der Waals surface area (Å²) in [5, 5.41) is 7.67. The largest absolute Gasteiger partial charge is 0.490 e. The van der Waals surface area contributed by atoms with Gasteiger partial charge in [0.2, 0.25) is 0 Å². The number of hydrogen-bond acceptors (Lipinski definition) is 6. The van der Waals surface area contributed by atoms with E-state index in [1.165, 1.54) is 0 Å². The van der Waals surface area contributed by atoms with Gasteiger partial charge < -0.3 is 23.8 Å². The first-order valence-electron chi connectivity index (χ1n) is 9.96. The number of piperidine rings is 1. The van der Waals surface area contributed by atoms with Gasteiger partial charge in [0.1, 0.15) is 24.5 Å². The highest BCUT2D eigenvalue weighted by atomic mass is 16.5. The van der Waals surface area contributed by atoms with E-state index in [4.69, 9.17) is 9.47 Å². The van der Waals surface area contributed by atoms with Crippen LogP contribution in [0.2, 0.25) is 0 Å². The third-order valence-electron chi connectivity index (χ3n) is 5.36. The highest BCUT2D eigenvalue weighted by molar-refractivity contribution is 5.94. The average molecular weight is 385 g/mol. The fraction of sp³-hybridized carbons (Fsp3) is 0.550. The predicted octanol–water partition coefficient (Wildman–Crippen LogP) is 1.29. The van der Waals surface area contributed by atoms with Crippen molar-refractivity contribution in [1.82, 2.24) is 24.6 Å². The topological polar surface area (TPSA) is 72.7 Å². The summed E-state index contributed by atoms with van der Waals surface area (Å²) >= 11 is 0. The quantitative estimate of drug-likeness (QED) is 0.746. The van der Waals surface area contributed by atoms with Crippen LogP contribution in [0.25, 0.3) is 0 Å². The van der Waals surface area contributed by atoms with Crippen LogP contribution >= 0.6 is 0 Å². The van der Waals surface area contributed by atoms with E-state index in [0.29, 0.717) is 31.9 Å². The molecule has 1 amide bonds. The number of likely N-dealkylation sites (tertiary alicyclic amines) is 1. The molecule has 0 radical (unpaired) electrons. The first-order chi connectivity index (χ1) is 13.8. The zero-order valence-electron chi connectivity index (χ0n) is 16.1. The number of morpholine rings is 1. The van der Waals surface area contributed by atoms with Crippen molar-refractivity contribution in [3.8, 4) is 5.75 Å². The number of carbonyl (C=O) groups is 1. The Bertz CT molecular complexity index is 753. The molecule has 2 aliphatic heterocycles. The second-order valence-corrected chi connectivity index (χ2v) is 7.29. The van der Waals surface area contributed by atoms with Crippen molar-refractivity contribution in [2.75, 3.05) is 45.9 Å². The van der Waals surface area contributed by atoms with Gasteiger partial charge in [-0.2, -0.15) is 0 Å². The third-order valence-corrected chi connectivity index (χ3v) is 5.36. The van der Waals surface area contributed by atoms with Gasteiger partial charge in [-0.25, -0.2) is 0 Å². The summed E-state index contributed by atoms with van der Waals surface area (Å²) in [6, 6.07) is 7.57. The van der Waals surface area contributed by atoms with Crippen molar-refractivity contribution < 1.29 is 14.3 Å². The van der Waals surface area contributed by atoms with Crippen molar-refractivity contribution in [3.05, 3.63) is 42.5 Å². The minimum Gasteiger partial charge on any atom is -0.490 e. The molecule has 8 heteroatoms. The highest BCUT2D eigenvalue weighted by Gasteiger charge is 2.22. The van der Waals surface area contributed by atoms with E-state index in [9.17, 15) is 4.79 Å². The minimum atomic E-state index is 0.0533. The smallest absolute Gasteiger partial charge is 0.254 e. The maximum atomic E-state index is 12.7. The number of hydrogen-bond donors (Lipinski definition) is 0.